The molecule has 0 fully saturated rings. The molecule has 0 aliphatic heterocycles. The van der Waals surface area contributed by atoms with E-state index in [9.17, 15) is 4.79 Å². The summed E-state index contributed by atoms with van der Waals surface area (Å²) in [6, 6.07) is 7.23. The van der Waals surface area contributed by atoms with Crippen molar-refractivity contribution in [1.82, 2.24) is 5.32 Å². The zero-order valence-electron chi connectivity index (χ0n) is 10.8. The molecule has 0 aliphatic carbocycles. The van der Waals surface area contributed by atoms with Crippen molar-refractivity contribution < 1.29 is 10.0 Å². The quantitative estimate of drug-likeness (QED) is 0.323. The van der Waals surface area contributed by atoms with Gasteiger partial charge in [-0.2, -0.15) is 0 Å². The van der Waals surface area contributed by atoms with Crippen molar-refractivity contribution in [3.63, 3.8) is 0 Å². The maximum atomic E-state index is 12.0. The Hall–Kier alpha value is -1.75. The third-order valence-corrected chi connectivity index (χ3v) is 2.96. The number of benzene rings is 1. The van der Waals surface area contributed by atoms with Gasteiger partial charge in [0.15, 0.2) is 5.84 Å². The largest absolute Gasteiger partial charge is 0.409 e. The maximum absolute atomic E-state index is 12.0. The van der Waals surface area contributed by atoms with Gasteiger partial charge in [0.1, 0.15) is 0 Å². The predicted molar refractivity (Wildman–Crippen MR) is 75.1 cm³/mol. The highest BCUT2D eigenvalue weighted by Crippen LogP contribution is 2.11. The van der Waals surface area contributed by atoms with Crippen molar-refractivity contribution in [1.29, 1.82) is 0 Å². The summed E-state index contributed by atoms with van der Waals surface area (Å²) in [6.07, 6.45) is 1.31. The van der Waals surface area contributed by atoms with Gasteiger partial charge in [0.25, 0.3) is 0 Å². The van der Waals surface area contributed by atoms with Crippen LogP contribution in [0.4, 0.5) is 0 Å². The van der Waals surface area contributed by atoms with E-state index in [1.165, 1.54) is 0 Å². The van der Waals surface area contributed by atoms with Gasteiger partial charge in [0, 0.05) is 11.6 Å². The Bertz CT molecular complexity index is 463. The fourth-order valence-electron chi connectivity index (χ4n) is 1.73. The average Bonchev–Trinajstić information content (AvgIpc) is 2.41. The minimum atomic E-state index is -0.603. The first-order valence-corrected chi connectivity index (χ1v) is 6.45. The lowest BCUT2D eigenvalue weighted by atomic mass is 10.0. The molecule has 104 valence electrons. The SMILES string of the molecule is CCCC(C(=O)NCc1cccc(Cl)c1)C(N)=NO. The molecule has 0 heterocycles. The van der Waals surface area contributed by atoms with Crippen molar-refractivity contribution in [3.8, 4) is 0 Å². The van der Waals surface area contributed by atoms with Crippen LogP contribution in [0.5, 0.6) is 0 Å². The molecule has 1 aromatic carbocycles. The number of amidine groups is 1. The summed E-state index contributed by atoms with van der Waals surface area (Å²) in [7, 11) is 0. The first-order chi connectivity index (χ1) is 9.08. The number of rotatable bonds is 6. The van der Waals surface area contributed by atoms with Crippen LogP contribution in [-0.2, 0) is 11.3 Å². The van der Waals surface area contributed by atoms with E-state index in [1.807, 2.05) is 19.1 Å². The molecule has 1 rings (SSSR count). The zero-order valence-corrected chi connectivity index (χ0v) is 11.5. The van der Waals surface area contributed by atoms with Crippen LogP contribution in [0, 0.1) is 5.92 Å². The lowest BCUT2D eigenvalue weighted by molar-refractivity contribution is -0.123. The standard InChI is InChI=1S/C13H18ClN3O2/c1-2-4-11(12(15)17-19)13(18)16-8-9-5-3-6-10(14)7-9/h3,5-7,11,19H,2,4,8H2,1H3,(H2,15,17)(H,16,18). The molecule has 6 heteroatoms. The van der Waals surface area contributed by atoms with Gasteiger partial charge in [-0.25, -0.2) is 0 Å². The van der Waals surface area contributed by atoms with Gasteiger partial charge >= 0.3 is 0 Å². The summed E-state index contributed by atoms with van der Waals surface area (Å²) in [5.74, 6) is -0.920. The van der Waals surface area contributed by atoms with Crippen LogP contribution >= 0.6 is 11.6 Å². The van der Waals surface area contributed by atoms with Crippen LogP contribution < -0.4 is 11.1 Å². The van der Waals surface area contributed by atoms with E-state index in [0.29, 0.717) is 18.0 Å². The molecular formula is C13H18ClN3O2. The highest BCUT2D eigenvalue weighted by atomic mass is 35.5. The van der Waals surface area contributed by atoms with Crippen LogP contribution in [0.25, 0.3) is 0 Å². The highest BCUT2D eigenvalue weighted by Gasteiger charge is 2.21. The van der Waals surface area contributed by atoms with E-state index in [0.717, 1.165) is 12.0 Å². The number of carbonyl (C=O) groups excluding carboxylic acids is 1. The van der Waals surface area contributed by atoms with E-state index in [1.54, 1.807) is 12.1 Å². The Labute approximate surface area is 117 Å². The molecular weight excluding hydrogens is 266 g/mol. The second-order valence-electron chi connectivity index (χ2n) is 4.21. The topological polar surface area (TPSA) is 87.7 Å². The number of hydrogen-bond donors (Lipinski definition) is 3. The Balaban J connectivity index is 2.62. The number of nitrogens with zero attached hydrogens (tertiary/aromatic N) is 1. The molecule has 0 aromatic heterocycles. The van der Waals surface area contributed by atoms with Crippen LogP contribution in [0.15, 0.2) is 29.4 Å². The molecule has 0 aliphatic rings. The maximum Gasteiger partial charge on any atom is 0.231 e. The summed E-state index contributed by atoms with van der Waals surface area (Å²) in [5, 5.41) is 15.0. The number of oxime groups is 1. The lowest BCUT2D eigenvalue weighted by Gasteiger charge is -2.14. The summed E-state index contributed by atoms with van der Waals surface area (Å²) in [4.78, 5) is 12.0. The molecule has 1 atom stereocenters. The Morgan fingerprint density at radius 2 is 2.32 bits per heavy atom. The van der Waals surface area contributed by atoms with Crippen molar-refractivity contribution >= 4 is 23.3 Å². The molecule has 4 N–H and O–H groups in total. The van der Waals surface area contributed by atoms with Crippen LogP contribution in [-0.4, -0.2) is 17.0 Å². The molecule has 1 aromatic rings. The molecule has 0 spiro atoms. The van der Waals surface area contributed by atoms with Crippen LogP contribution in [0.2, 0.25) is 5.02 Å². The van der Waals surface area contributed by atoms with Gasteiger partial charge in [0.05, 0.1) is 5.92 Å². The Morgan fingerprint density at radius 3 is 2.89 bits per heavy atom. The summed E-state index contributed by atoms with van der Waals surface area (Å²) in [5.41, 5.74) is 6.41. The van der Waals surface area contributed by atoms with Crippen molar-refractivity contribution in [2.45, 2.75) is 26.3 Å². The molecule has 19 heavy (non-hydrogen) atoms. The van der Waals surface area contributed by atoms with Gasteiger partial charge in [-0.15, -0.1) is 0 Å². The molecule has 0 bridgehead atoms. The van der Waals surface area contributed by atoms with E-state index in [4.69, 9.17) is 22.5 Å². The fraction of sp³-hybridized carbons (Fsp3) is 0.385. The number of nitrogens with two attached hydrogens (primary N) is 1. The van der Waals surface area contributed by atoms with Gasteiger partial charge in [-0.1, -0.05) is 42.2 Å². The first kappa shape index (κ1) is 15.3. The minimum Gasteiger partial charge on any atom is -0.409 e. The number of halogens is 1. The van der Waals surface area contributed by atoms with Crippen molar-refractivity contribution in [3.05, 3.63) is 34.9 Å². The van der Waals surface area contributed by atoms with Crippen molar-refractivity contribution in [2.24, 2.45) is 16.8 Å². The molecule has 1 unspecified atom stereocenters. The summed E-state index contributed by atoms with van der Waals surface area (Å²) in [6.45, 7) is 2.29. The highest BCUT2D eigenvalue weighted by molar-refractivity contribution is 6.30. The second-order valence-corrected chi connectivity index (χ2v) is 4.65. The Morgan fingerprint density at radius 1 is 1.58 bits per heavy atom. The minimum absolute atomic E-state index is 0.0644. The fourth-order valence-corrected chi connectivity index (χ4v) is 1.94. The zero-order chi connectivity index (χ0) is 14.3. The molecule has 5 nitrogen and oxygen atoms in total. The van der Waals surface area contributed by atoms with E-state index in [2.05, 4.69) is 10.5 Å². The molecule has 0 saturated carbocycles. The average molecular weight is 284 g/mol. The summed E-state index contributed by atoms with van der Waals surface area (Å²) < 4.78 is 0. The first-order valence-electron chi connectivity index (χ1n) is 6.08. The monoisotopic (exact) mass is 283 g/mol. The predicted octanol–water partition coefficient (Wildman–Crippen LogP) is 2.12. The van der Waals surface area contributed by atoms with E-state index >= 15 is 0 Å². The van der Waals surface area contributed by atoms with Crippen molar-refractivity contribution in [2.75, 3.05) is 0 Å². The van der Waals surface area contributed by atoms with Crippen LogP contribution in [0.3, 0.4) is 0 Å². The van der Waals surface area contributed by atoms with Gasteiger partial charge in [-0.3, -0.25) is 4.79 Å². The van der Waals surface area contributed by atoms with Gasteiger partial charge < -0.3 is 16.3 Å². The number of hydrogen-bond acceptors (Lipinski definition) is 3. The van der Waals surface area contributed by atoms with E-state index in [-0.39, 0.29) is 11.7 Å². The van der Waals surface area contributed by atoms with Gasteiger partial charge in [-0.05, 0) is 24.1 Å². The number of amides is 1. The smallest absolute Gasteiger partial charge is 0.231 e. The third-order valence-electron chi connectivity index (χ3n) is 2.72. The normalized spacial score (nSPS) is 13.1. The van der Waals surface area contributed by atoms with E-state index < -0.39 is 5.92 Å². The Kier molecular flexibility index (Phi) is 6.15. The summed E-state index contributed by atoms with van der Waals surface area (Å²) >= 11 is 5.86. The molecule has 0 radical (unpaired) electrons. The van der Waals surface area contributed by atoms with Gasteiger partial charge in [0.2, 0.25) is 5.91 Å². The second kappa shape index (κ2) is 7.63. The van der Waals surface area contributed by atoms with Crippen LogP contribution in [0.1, 0.15) is 25.3 Å². The number of carbonyl (C=O) groups is 1. The molecule has 1 amide bonds. The lowest BCUT2D eigenvalue weighted by Crippen LogP contribution is -2.38. The third kappa shape index (κ3) is 4.79. The number of nitrogens with one attached hydrogen (secondary N) is 1. The molecule has 0 saturated heterocycles.